The van der Waals surface area contributed by atoms with Gasteiger partial charge in [0, 0.05) is 29.9 Å². The monoisotopic (exact) mass is 452 g/mol. The molecule has 6 heteroatoms. The quantitative estimate of drug-likeness (QED) is 0.387. The fourth-order valence-corrected chi connectivity index (χ4v) is 5.08. The molecule has 1 aliphatic carbocycles. The van der Waals surface area contributed by atoms with Gasteiger partial charge >= 0.3 is 5.97 Å². The Kier molecular flexibility index (Phi) is 8.48. The van der Waals surface area contributed by atoms with Gasteiger partial charge in [-0.1, -0.05) is 37.5 Å². The summed E-state index contributed by atoms with van der Waals surface area (Å²) in [4.78, 5) is 41.2. The molecular formula is C27H36N2O4. The number of carbonyl (C=O) groups is 3. The van der Waals surface area contributed by atoms with E-state index in [0.29, 0.717) is 41.4 Å². The number of hydrogen-bond acceptors (Lipinski definition) is 4. The first kappa shape index (κ1) is 24.7. The van der Waals surface area contributed by atoms with Crippen LogP contribution in [-0.2, 0) is 11.3 Å². The third kappa shape index (κ3) is 5.55. The van der Waals surface area contributed by atoms with E-state index in [-0.39, 0.29) is 24.8 Å². The van der Waals surface area contributed by atoms with E-state index >= 15 is 0 Å². The number of amides is 1. The van der Waals surface area contributed by atoms with Crippen molar-refractivity contribution in [1.82, 2.24) is 9.47 Å². The number of hydrogen-bond donors (Lipinski definition) is 0. The molecule has 178 valence electrons. The topological polar surface area (TPSA) is 68.6 Å². The lowest BCUT2D eigenvalue weighted by molar-refractivity contribution is 0.0512. The summed E-state index contributed by atoms with van der Waals surface area (Å²) in [6, 6.07) is 9.15. The molecule has 6 nitrogen and oxygen atoms in total. The van der Waals surface area contributed by atoms with Crippen LogP contribution in [0.15, 0.2) is 30.3 Å². The van der Waals surface area contributed by atoms with Crippen molar-refractivity contribution < 1.29 is 19.1 Å². The minimum absolute atomic E-state index is 0.00189. The van der Waals surface area contributed by atoms with Gasteiger partial charge < -0.3 is 14.2 Å². The first-order valence-corrected chi connectivity index (χ1v) is 12.1. The Hall–Kier alpha value is -2.89. The second-order valence-electron chi connectivity index (χ2n) is 8.88. The molecule has 1 aromatic heterocycles. The number of aromatic nitrogens is 1. The molecule has 1 heterocycles. The zero-order valence-corrected chi connectivity index (χ0v) is 20.4. The van der Waals surface area contributed by atoms with E-state index in [4.69, 9.17) is 4.74 Å². The normalized spacial score (nSPS) is 14.2. The molecule has 0 bridgehead atoms. The Labute approximate surface area is 196 Å². The maximum atomic E-state index is 13.6. The summed E-state index contributed by atoms with van der Waals surface area (Å²) in [6.45, 7) is 8.78. The van der Waals surface area contributed by atoms with Gasteiger partial charge in [0.05, 0.1) is 13.2 Å². The van der Waals surface area contributed by atoms with Gasteiger partial charge in [0.2, 0.25) is 0 Å². The number of nitrogens with zero attached hydrogens (tertiary/aromatic N) is 2. The molecule has 2 aromatic rings. The second kappa shape index (κ2) is 11.3. The summed E-state index contributed by atoms with van der Waals surface area (Å²) in [5.74, 6) is -0.261. The second-order valence-corrected chi connectivity index (χ2v) is 8.88. The molecule has 3 rings (SSSR count). The summed E-state index contributed by atoms with van der Waals surface area (Å²) in [5.41, 5.74) is 2.91. The molecule has 1 aliphatic rings. The maximum absolute atomic E-state index is 13.6. The predicted octanol–water partition coefficient (Wildman–Crippen LogP) is 5.21. The van der Waals surface area contributed by atoms with E-state index in [1.807, 2.05) is 36.6 Å². The first-order valence-electron chi connectivity index (χ1n) is 12.1. The van der Waals surface area contributed by atoms with Gasteiger partial charge in [-0.25, -0.2) is 4.79 Å². The summed E-state index contributed by atoms with van der Waals surface area (Å²) < 4.78 is 7.08. The van der Waals surface area contributed by atoms with E-state index < -0.39 is 5.97 Å². The fraction of sp³-hybridized carbons (Fsp3) is 0.519. The summed E-state index contributed by atoms with van der Waals surface area (Å²) in [6.07, 6.45) is 5.76. The van der Waals surface area contributed by atoms with E-state index in [1.165, 1.54) is 19.3 Å². The average Bonchev–Trinajstić information content (AvgIpc) is 3.08. The van der Waals surface area contributed by atoms with Gasteiger partial charge in [-0.15, -0.1) is 0 Å². The van der Waals surface area contributed by atoms with Crippen LogP contribution >= 0.6 is 0 Å². The molecule has 0 saturated heterocycles. The van der Waals surface area contributed by atoms with Gasteiger partial charge in [-0.05, 0) is 64.2 Å². The van der Waals surface area contributed by atoms with Crippen molar-refractivity contribution in [3.8, 4) is 0 Å². The molecule has 1 saturated carbocycles. The van der Waals surface area contributed by atoms with E-state index in [2.05, 4.69) is 0 Å². The Morgan fingerprint density at radius 2 is 1.70 bits per heavy atom. The number of ether oxygens (including phenoxy) is 1. The molecule has 33 heavy (non-hydrogen) atoms. The fourth-order valence-electron chi connectivity index (χ4n) is 5.08. The highest BCUT2D eigenvalue weighted by molar-refractivity contribution is 6.06. The zero-order chi connectivity index (χ0) is 24.0. The van der Waals surface area contributed by atoms with Crippen LogP contribution in [0.4, 0.5) is 0 Å². The number of Topliss-reactive ketones (excluding diaryl/α,β-unsaturated/α-hetero) is 1. The SMILES string of the molecule is CCOC(=O)c1c(C)c(C(=O)CN(CC2CCCCC2)C(=O)c2ccccc2)c(C)n1CC. The average molecular weight is 453 g/mol. The molecule has 0 radical (unpaired) electrons. The van der Waals surface area contributed by atoms with E-state index in [1.54, 1.807) is 30.9 Å². The van der Waals surface area contributed by atoms with Crippen molar-refractivity contribution >= 4 is 17.7 Å². The minimum Gasteiger partial charge on any atom is -0.461 e. The smallest absolute Gasteiger partial charge is 0.355 e. The third-order valence-corrected chi connectivity index (χ3v) is 6.68. The molecule has 0 aliphatic heterocycles. The zero-order valence-electron chi connectivity index (χ0n) is 20.4. The van der Waals surface area contributed by atoms with Gasteiger partial charge in [0.15, 0.2) is 5.78 Å². The van der Waals surface area contributed by atoms with Gasteiger partial charge in [-0.2, -0.15) is 0 Å². The highest BCUT2D eigenvalue weighted by Crippen LogP contribution is 2.27. The summed E-state index contributed by atoms with van der Waals surface area (Å²) in [5, 5.41) is 0. The lowest BCUT2D eigenvalue weighted by Crippen LogP contribution is -2.40. The summed E-state index contributed by atoms with van der Waals surface area (Å²) >= 11 is 0. The Bertz CT molecular complexity index is 987. The standard InChI is InChI=1S/C27H36N2O4/c1-5-29-20(4)24(19(3)25(29)27(32)33-6-2)23(30)18-28(17-21-13-9-7-10-14-21)26(31)22-15-11-8-12-16-22/h8,11-12,15-16,21H,5-7,9-10,13-14,17-18H2,1-4H3. The Morgan fingerprint density at radius 3 is 2.30 bits per heavy atom. The minimum atomic E-state index is -0.418. The molecular weight excluding hydrogens is 416 g/mol. The van der Waals surface area contributed by atoms with Crippen molar-refractivity contribution in [3.63, 3.8) is 0 Å². The molecule has 0 unspecified atom stereocenters. The van der Waals surface area contributed by atoms with Crippen LogP contribution in [0.5, 0.6) is 0 Å². The van der Waals surface area contributed by atoms with Crippen LogP contribution in [0.25, 0.3) is 0 Å². The molecule has 1 amide bonds. The molecule has 1 aromatic carbocycles. The lowest BCUT2D eigenvalue weighted by atomic mass is 9.88. The molecule has 1 fully saturated rings. The van der Waals surface area contributed by atoms with Crippen LogP contribution in [0.3, 0.4) is 0 Å². The molecule has 0 spiro atoms. The first-order chi connectivity index (χ1) is 15.9. The Morgan fingerprint density at radius 1 is 1.03 bits per heavy atom. The highest BCUT2D eigenvalue weighted by Gasteiger charge is 2.30. The van der Waals surface area contributed by atoms with Gasteiger partial charge in [-0.3, -0.25) is 9.59 Å². The number of ketones is 1. The Balaban J connectivity index is 1.91. The number of carbonyl (C=O) groups excluding carboxylic acids is 3. The van der Waals surface area contributed by atoms with Crippen molar-refractivity contribution in [3.05, 3.63) is 58.4 Å². The van der Waals surface area contributed by atoms with Crippen LogP contribution in [0.2, 0.25) is 0 Å². The molecule has 0 N–H and O–H groups in total. The van der Waals surface area contributed by atoms with E-state index in [0.717, 1.165) is 18.5 Å². The lowest BCUT2D eigenvalue weighted by Gasteiger charge is -2.29. The van der Waals surface area contributed by atoms with Crippen LogP contribution < -0.4 is 0 Å². The predicted molar refractivity (Wildman–Crippen MR) is 129 cm³/mol. The van der Waals surface area contributed by atoms with Crippen LogP contribution in [-0.4, -0.2) is 46.8 Å². The van der Waals surface area contributed by atoms with Gasteiger partial charge in [0.25, 0.3) is 5.91 Å². The van der Waals surface area contributed by atoms with Crippen molar-refractivity contribution in [2.45, 2.75) is 66.3 Å². The van der Waals surface area contributed by atoms with Crippen molar-refractivity contribution in [1.29, 1.82) is 0 Å². The van der Waals surface area contributed by atoms with Crippen LogP contribution in [0.1, 0.15) is 88.4 Å². The number of esters is 1. The molecule has 0 atom stereocenters. The van der Waals surface area contributed by atoms with Crippen molar-refractivity contribution in [2.24, 2.45) is 5.92 Å². The number of benzene rings is 1. The van der Waals surface area contributed by atoms with Crippen LogP contribution in [0, 0.1) is 19.8 Å². The largest absolute Gasteiger partial charge is 0.461 e. The third-order valence-electron chi connectivity index (χ3n) is 6.68. The van der Waals surface area contributed by atoms with Crippen molar-refractivity contribution in [2.75, 3.05) is 19.7 Å². The summed E-state index contributed by atoms with van der Waals surface area (Å²) in [7, 11) is 0. The maximum Gasteiger partial charge on any atom is 0.355 e. The number of rotatable bonds is 9. The van der Waals surface area contributed by atoms with E-state index in [9.17, 15) is 14.4 Å². The highest BCUT2D eigenvalue weighted by atomic mass is 16.5. The van der Waals surface area contributed by atoms with Gasteiger partial charge in [0.1, 0.15) is 5.69 Å².